The van der Waals surface area contributed by atoms with E-state index in [2.05, 4.69) is 0 Å². The van der Waals surface area contributed by atoms with Gasteiger partial charge in [0, 0.05) is 0 Å². The van der Waals surface area contributed by atoms with Gasteiger partial charge in [-0.15, -0.1) is 0 Å². The quantitative estimate of drug-likeness (QED) is 0.434. The molecule has 0 unspecified atom stereocenters. The van der Waals surface area contributed by atoms with E-state index >= 15 is 0 Å². The van der Waals surface area contributed by atoms with Crippen molar-refractivity contribution in [1.82, 2.24) is 0 Å². The molecule has 8 heavy (non-hydrogen) atoms. The second kappa shape index (κ2) is 7.56. The molecule has 6 nitrogen and oxygen atoms in total. The minimum atomic E-state index is -5.39. The zero-order valence-corrected chi connectivity index (χ0v) is 7.17. The van der Waals surface area contributed by atoms with Crippen molar-refractivity contribution in [2.45, 2.75) is 0 Å². The third-order valence-corrected chi connectivity index (χ3v) is 0. The van der Waals surface area contributed by atoms with Crippen molar-refractivity contribution in [3.63, 3.8) is 0 Å². The molecule has 0 amide bonds. The zero-order chi connectivity index (χ0) is 6.50. The van der Waals surface area contributed by atoms with Crippen molar-refractivity contribution in [1.29, 1.82) is 0 Å². The standard InChI is InChI=1S/H3O4P.H2O.O.W/c1-5(2,3)4;;;/h(H3,1,2,3,4);1H2;;/p-4. The fourth-order valence-corrected chi connectivity index (χ4v) is 0. The molecule has 0 aliphatic carbocycles. The Kier molecular flexibility index (Phi) is 15.0. The van der Waals surface area contributed by atoms with Crippen LogP contribution in [0.25, 0.3) is 0 Å². The molecule has 0 saturated heterocycles. The van der Waals surface area contributed by atoms with E-state index in [4.69, 9.17) is 22.6 Å². The second-order valence-electron chi connectivity index (χ2n) is 0.447. The summed E-state index contributed by atoms with van der Waals surface area (Å²) in [7, 11) is -5.39. The molecule has 1 N–H and O–H groups in total. The van der Waals surface area contributed by atoms with Crippen LogP contribution in [0, 0.1) is 0 Å². The predicted molar refractivity (Wildman–Crippen MR) is 10.2 cm³/mol. The van der Waals surface area contributed by atoms with Crippen molar-refractivity contribution in [2.75, 3.05) is 0 Å². The van der Waals surface area contributed by atoms with E-state index in [1.54, 1.807) is 0 Å². The van der Waals surface area contributed by atoms with Crippen LogP contribution in [-0.4, -0.2) is 5.48 Å². The monoisotopic (exact) mass is 312 g/mol. The van der Waals surface area contributed by atoms with Gasteiger partial charge >= 0.3 is 23.2 Å². The third-order valence-electron chi connectivity index (χ3n) is 0. The van der Waals surface area contributed by atoms with Gasteiger partial charge in [0.1, 0.15) is 0 Å². The molecule has 0 radical (unpaired) electrons. The van der Waals surface area contributed by atoms with E-state index in [-0.39, 0.29) is 5.48 Å². The summed E-state index contributed by atoms with van der Waals surface area (Å²) < 4.78 is 16.9. The van der Waals surface area contributed by atoms with E-state index in [1.807, 2.05) is 0 Å². The second-order valence-corrected chi connectivity index (χ2v) is 1.34. The van der Waals surface area contributed by atoms with Gasteiger partial charge in [-0.05, 0) is 0 Å². The van der Waals surface area contributed by atoms with Gasteiger partial charge < -0.3 is 24.7 Å². The fourth-order valence-electron chi connectivity index (χ4n) is 0. The minimum absolute atomic E-state index is 0. The van der Waals surface area contributed by atoms with Crippen molar-refractivity contribution >= 4 is 7.82 Å². The molecule has 0 aromatic heterocycles. The molecule has 0 aliphatic heterocycles. The van der Waals surface area contributed by atoms with Crippen molar-refractivity contribution in [2.24, 2.45) is 0 Å². The van der Waals surface area contributed by atoms with E-state index < -0.39 is 7.82 Å². The van der Waals surface area contributed by atoms with Crippen molar-refractivity contribution in [3.05, 3.63) is 0 Å². The average Bonchev–Trinajstić information content (AvgIpc) is 1.36. The SMILES string of the molecule is O=P([O-])([O-])[O-].[OH-].[O]=[W]. The van der Waals surface area contributed by atoms with Gasteiger partial charge in [0.15, 0.2) is 0 Å². The molecule has 0 rings (SSSR count). The summed E-state index contributed by atoms with van der Waals surface area (Å²) in [6, 6.07) is 0. The topological polar surface area (TPSA) is 133 Å². The molecular formula is HO6PW-4. The normalized spacial score (nSPS) is 7.88. The summed E-state index contributed by atoms with van der Waals surface area (Å²) in [5, 5.41) is 0. The first-order valence-electron chi connectivity index (χ1n) is 0.897. The zero-order valence-electron chi connectivity index (χ0n) is 3.34. The van der Waals surface area contributed by atoms with Gasteiger partial charge in [0.2, 0.25) is 0 Å². The van der Waals surface area contributed by atoms with Crippen LogP contribution in [0.2, 0.25) is 0 Å². The molecule has 0 atom stereocenters. The van der Waals surface area contributed by atoms with Gasteiger partial charge in [-0.25, -0.2) is 0 Å². The van der Waals surface area contributed by atoms with E-state index in [0.29, 0.717) is 19.8 Å². The maximum atomic E-state index is 8.55. The Hall–Kier alpha value is 0.558. The van der Waals surface area contributed by atoms with E-state index in [9.17, 15) is 0 Å². The molecule has 0 aliphatic rings. The Bertz CT molecular complexity index is 64.3. The summed E-state index contributed by atoms with van der Waals surface area (Å²) in [4.78, 5) is 25.6. The first-order chi connectivity index (χ1) is 3.00. The third kappa shape index (κ3) is 650. The van der Waals surface area contributed by atoms with E-state index in [0.717, 1.165) is 0 Å². The Balaban J connectivity index is -0.0000000750. The van der Waals surface area contributed by atoms with Gasteiger partial charge in [-0.3, -0.25) is 0 Å². The number of phosphoric acid groups is 1. The summed E-state index contributed by atoms with van der Waals surface area (Å²) in [6.07, 6.45) is 0. The first-order valence-corrected chi connectivity index (χ1v) is 3.56. The fraction of sp³-hybridized carbons (Fsp3) is 0. The van der Waals surface area contributed by atoms with E-state index in [1.165, 1.54) is 0 Å². The maximum absolute atomic E-state index is 8.55. The van der Waals surface area contributed by atoms with Crippen molar-refractivity contribution < 1.29 is 47.9 Å². The first kappa shape index (κ1) is 15.8. The van der Waals surface area contributed by atoms with Crippen LogP contribution in [0.3, 0.4) is 0 Å². The molecule has 0 bridgehead atoms. The molecule has 52 valence electrons. The van der Waals surface area contributed by atoms with Crippen LogP contribution >= 0.6 is 7.82 Å². The van der Waals surface area contributed by atoms with Crippen LogP contribution in [0.5, 0.6) is 0 Å². The van der Waals surface area contributed by atoms with Gasteiger partial charge in [-0.1, -0.05) is 0 Å². The van der Waals surface area contributed by atoms with Crippen LogP contribution in [0.1, 0.15) is 0 Å². The molecule has 8 heteroatoms. The van der Waals surface area contributed by atoms with Crippen molar-refractivity contribution in [3.8, 4) is 0 Å². The molecule has 0 fully saturated rings. The predicted octanol–water partition coefficient (Wildman–Crippen LogP) is -3.12. The number of hydrogen-bond acceptors (Lipinski definition) is 6. The molecule has 0 heterocycles. The Morgan fingerprint density at radius 3 is 1.12 bits per heavy atom. The molecule has 0 spiro atoms. The molecule has 0 aromatic carbocycles. The van der Waals surface area contributed by atoms with Gasteiger partial charge in [-0.2, -0.15) is 7.82 Å². The number of hydrogen-bond donors (Lipinski definition) is 0. The summed E-state index contributed by atoms with van der Waals surface area (Å²) in [6.45, 7) is 0. The average molecular weight is 312 g/mol. The summed E-state index contributed by atoms with van der Waals surface area (Å²) in [5.74, 6) is 0. The number of rotatable bonds is 0. The molecule has 0 aromatic rings. The van der Waals surface area contributed by atoms with Crippen LogP contribution < -0.4 is 14.7 Å². The molecule has 0 saturated carbocycles. The Morgan fingerprint density at radius 1 is 1.12 bits per heavy atom. The summed E-state index contributed by atoms with van der Waals surface area (Å²) >= 11 is 0.333. The van der Waals surface area contributed by atoms with Gasteiger partial charge in [0.05, 0.1) is 0 Å². The van der Waals surface area contributed by atoms with Crippen LogP contribution in [0.15, 0.2) is 0 Å². The Morgan fingerprint density at radius 2 is 1.12 bits per heavy atom. The van der Waals surface area contributed by atoms with Gasteiger partial charge in [0.25, 0.3) is 0 Å². The van der Waals surface area contributed by atoms with Crippen LogP contribution in [0.4, 0.5) is 0 Å². The molecular weight excluding hydrogens is 311 g/mol. The van der Waals surface area contributed by atoms with Crippen LogP contribution in [-0.2, 0) is 27.7 Å². The Labute approximate surface area is 56.3 Å². The summed E-state index contributed by atoms with van der Waals surface area (Å²) in [5.41, 5.74) is 0.